The van der Waals surface area contributed by atoms with Gasteiger partial charge in [-0.1, -0.05) is 11.8 Å². The van der Waals surface area contributed by atoms with E-state index in [1.807, 2.05) is 27.0 Å². The maximum atomic E-state index is 12.2. The lowest BCUT2D eigenvalue weighted by atomic mass is 10.0. The third-order valence-electron chi connectivity index (χ3n) is 7.60. The maximum absolute atomic E-state index is 12.2. The maximum Gasteiger partial charge on any atom is 0.327 e. The summed E-state index contributed by atoms with van der Waals surface area (Å²) >= 11 is 7.88. The summed E-state index contributed by atoms with van der Waals surface area (Å²) in [5.74, 6) is -3.52. The monoisotopic (exact) mass is 1080 g/mol. The molecule has 6 N–H and O–H groups in total. The number of Topliss-reactive ketones (excluding diaryl/α,β-unsaturated/α-hetero) is 1. The van der Waals surface area contributed by atoms with E-state index in [2.05, 4.69) is 33.9 Å². The van der Waals surface area contributed by atoms with Crippen LogP contribution in [0, 0.1) is 5.92 Å². The quantitative estimate of drug-likeness (QED) is 0.0681. The van der Waals surface area contributed by atoms with Gasteiger partial charge in [-0.05, 0) is 68.0 Å². The second kappa shape index (κ2) is 38.1. The van der Waals surface area contributed by atoms with Gasteiger partial charge in [0.05, 0.1) is 19.0 Å². The normalized spacial score (nSPS) is 14.3. The van der Waals surface area contributed by atoms with E-state index in [-0.39, 0.29) is 89.7 Å². The molecule has 0 unspecified atom stereocenters. The summed E-state index contributed by atoms with van der Waals surface area (Å²) in [6, 6.07) is -2.17. The predicted molar refractivity (Wildman–Crippen MR) is 273 cm³/mol. The average Bonchev–Trinajstić information content (AvgIpc) is 3.30. The highest BCUT2D eigenvalue weighted by molar-refractivity contribution is 8.13. The number of aliphatic carboxylic acids is 2. The van der Waals surface area contributed by atoms with Gasteiger partial charge in [0.15, 0.2) is 0 Å². The molecule has 27 heteroatoms. The number of carbonyl (C=O) groups excluding carboxylic acids is 10. The number of carboxylic acids is 2. The number of ether oxygens (including phenoxy) is 2. The van der Waals surface area contributed by atoms with Crippen LogP contribution >= 0.6 is 47.9 Å². The van der Waals surface area contributed by atoms with E-state index in [4.69, 9.17) is 19.7 Å². The van der Waals surface area contributed by atoms with Gasteiger partial charge in [0.1, 0.15) is 48.2 Å². The molecule has 1 heterocycles. The van der Waals surface area contributed by atoms with Gasteiger partial charge in [-0.25, -0.2) is 4.79 Å². The summed E-state index contributed by atoms with van der Waals surface area (Å²) in [7, 11) is 6.18. The van der Waals surface area contributed by atoms with Crippen molar-refractivity contribution >= 4 is 118 Å². The number of hydrogen-bond donors (Lipinski definition) is 7. The van der Waals surface area contributed by atoms with Gasteiger partial charge in [0.2, 0.25) is 40.6 Å². The van der Waals surface area contributed by atoms with Gasteiger partial charge in [0, 0.05) is 71.3 Å². The number of thioether (sulfide) groups is 3. The Morgan fingerprint density at radius 2 is 1.16 bits per heavy atom. The number of rotatable bonds is 19. The minimum Gasteiger partial charge on any atom is -0.480 e. The lowest BCUT2D eigenvalue weighted by Gasteiger charge is -2.25. The molecule has 1 rings (SSSR count). The van der Waals surface area contributed by atoms with E-state index in [0.29, 0.717) is 17.3 Å². The fourth-order valence-corrected chi connectivity index (χ4v) is 7.27. The van der Waals surface area contributed by atoms with Crippen molar-refractivity contribution in [3.05, 3.63) is 0 Å². The Balaban J connectivity index is -0.000000397. The molecule has 0 spiro atoms. The first-order valence-corrected chi connectivity index (χ1v) is 25.7. The third-order valence-corrected chi connectivity index (χ3v) is 10.3. The third kappa shape index (κ3) is 41.2. The number of ketones is 1. The summed E-state index contributed by atoms with van der Waals surface area (Å²) in [5.41, 5.74) is -0.953. The van der Waals surface area contributed by atoms with Gasteiger partial charge < -0.3 is 60.4 Å². The van der Waals surface area contributed by atoms with Crippen LogP contribution in [0.1, 0.15) is 75.7 Å². The van der Waals surface area contributed by atoms with E-state index in [0.717, 1.165) is 16.7 Å². The molecule has 1 saturated heterocycles. The van der Waals surface area contributed by atoms with Crippen molar-refractivity contribution in [2.24, 2.45) is 5.92 Å². The first-order chi connectivity index (χ1) is 32.0. The van der Waals surface area contributed by atoms with Gasteiger partial charge in [-0.3, -0.25) is 47.9 Å². The number of likely N-dealkylation sites (N-methyl/N-ethyl adjacent to an activating group) is 4. The molecule has 0 aromatic rings. The summed E-state index contributed by atoms with van der Waals surface area (Å²) in [4.78, 5) is 137. The molecule has 1 aliphatic heterocycles. The van der Waals surface area contributed by atoms with Gasteiger partial charge in [0.25, 0.3) is 0 Å². The van der Waals surface area contributed by atoms with Crippen molar-refractivity contribution in [1.29, 1.82) is 0 Å². The molecule has 1 fully saturated rings. The minimum atomic E-state index is -1.11. The van der Waals surface area contributed by atoms with E-state index < -0.39 is 54.1 Å². The van der Waals surface area contributed by atoms with E-state index >= 15 is 0 Å². The Bertz CT molecular complexity index is 1740. The van der Waals surface area contributed by atoms with Crippen molar-refractivity contribution in [3.63, 3.8) is 0 Å². The molecule has 0 aliphatic carbocycles. The predicted octanol–water partition coefficient (Wildman–Crippen LogP) is 0.418. The van der Waals surface area contributed by atoms with Crippen LogP contribution in [-0.2, 0) is 67.0 Å². The summed E-state index contributed by atoms with van der Waals surface area (Å²) in [6.45, 7) is 16.1. The SMILES string of the molecule is CC(=O)C[C@H]1CSC(=O)CN(C)C1=O.CC(=O)N[C@@H](CS)C(=O)N(C)CC(=O)O.CNCC(=O)OC(C)(C)C.CSC[C@H](NC(C)=O)C(=O)N(C)CC(=O)OC(C)(C)C.CSC[C@H](NC(C)=O)C(=O)O. The molecule has 23 nitrogen and oxygen atoms in total. The standard InChI is InChI=1S/C13H24N2O4S.C9H13NO3S.C8H14N2O4S.C7H15NO2.C6H11NO3S/c1-9(16)14-10(8-20-6)12(18)15(5)7-11(17)19-13(2,3)4;1-6(11)3-7-5-14-8(12)4-10(2)9(7)13;1-5(11)9-6(4-15)8(14)10(2)3-7(12)13;1-7(2,3)10-6(9)5-8-4;1-4(8)7-5(3-11-2)6(9)10/h10H,7-8H2,1-6H3,(H,14,16);7H,3-5H2,1-2H3;6,15H,3-4H2,1-2H3,(H,9,11)(H,12,13);8H,5H2,1-4H3;5H,3H2,1-2H3,(H,7,8)(H,9,10)/t10-;7-;6-;;5-/m000.0/s1. The zero-order valence-corrected chi connectivity index (χ0v) is 46.6. The van der Waals surface area contributed by atoms with Crippen molar-refractivity contribution in [3.8, 4) is 0 Å². The molecule has 1 aliphatic rings. The van der Waals surface area contributed by atoms with Crippen LogP contribution < -0.4 is 21.3 Å². The Morgan fingerprint density at radius 3 is 1.54 bits per heavy atom. The summed E-state index contributed by atoms with van der Waals surface area (Å²) in [6.07, 6.45) is 3.87. The average molecular weight is 1080 g/mol. The van der Waals surface area contributed by atoms with Crippen LogP contribution in [0.5, 0.6) is 0 Å². The van der Waals surface area contributed by atoms with Crippen LogP contribution in [0.4, 0.5) is 0 Å². The van der Waals surface area contributed by atoms with Crippen LogP contribution in [0.25, 0.3) is 0 Å². The van der Waals surface area contributed by atoms with Crippen LogP contribution in [-0.4, -0.2) is 214 Å². The molecule has 4 atom stereocenters. The summed E-state index contributed by atoms with van der Waals surface area (Å²) in [5, 5.41) is 27.0. The number of nitrogens with zero attached hydrogens (tertiary/aromatic N) is 3. The largest absolute Gasteiger partial charge is 0.480 e. The molecule has 0 saturated carbocycles. The number of esters is 2. The van der Waals surface area contributed by atoms with Crippen LogP contribution in [0.3, 0.4) is 0 Å². The zero-order chi connectivity index (χ0) is 55.7. The Morgan fingerprint density at radius 1 is 0.743 bits per heavy atom. The van der Waals surface area contributed by atoms with Crippen molar-refractivity contribution < 1.29 is 77.2 Å². The van der Waals surface area contributed by atoms with Crippen molar-refractivity contribution in [1.82, 2.24) is 36.0 Å². The lowest BCUT2D eigenvalue weighted by molar-refractivity contribution is -0.158. The number of thiol groups is 1. The minimum absolute atomic E-state index is 0.00750. The Labute approximate surface area is 430 Å². The number of nitrogens with one attached hydrogen (secondary N) is 4. The van der Waals surface area contributed by atoms with Gasteiger partial charge >= 0.3 is 23.9 Å². The molecule has 0 aromatic carbocycles. The van der Waals surface area contributed by atoms with Crippen molar-refractivity contribution in [2.75, 3.05) is 89.9 Å². The topological polar surface area (TPSA) is 322 Å². The highest BCUT2D eigenvalue weighted by atomic mass is 32.2. The molecule has 6 amide bonds. The first kappa shape index (κ1) is 71.9. The zero-order valence-electron chi connectivity index (χ0n) is 43.3. The second-order valence-electron chi connectivity index (χ2n) is 17.2. The highest BCUT2D eigenvalue weighted by Gasteiger charge is 2.30. The molecular weight excluding hydrogens is 999 g/mol. The lowest BCUT2D eigenvalue weighted by Crippen LogP contribution is -2.49. The summed E-state index contributed by atoms with van der Waals surface area (Å²) < 4.78 is 10.1. The van der Waals surface area contributed by atoms with Gasteiger partial charge in [-0.2, -0.15) is 36.2 Å². The molecule has 0 radical (unpaired) electrons. The fraction of sp³-hybridized carbons (Fsp3) is 0.721. The molecule has 0 bridgehead atoms. The number of carbonyl (C=O) groups is 12. The molecule has 70 heavy (non-hydrogen) atoms. The number of amides is 6. The van der Waals surface area contributed by atoms with E-state index in [1.54, 1.807) is 41.1 Å². The van der Waals surface area contributed by atoms with E-state index in [1.165, 1.54) is 75.1 Å². The van der Waals surface area contributed by atoms with E-state index in [9.17, 15) is 57.5 Å². The second-order valence-corrected chi connectivity index (χ2v) is 20.4. The van der Waals surface area contributed by atoms with Crippen LogP contribution in [0.15, 0.2) is 0 Å². The Hall–Kier alpha value is -4.60. The fourth-order valence-electron chi connectivity index (χ4n) is 4.97. The Kier molecular flexibility index (Phi) is 39.2. The number of hydrogen-bond acceptors (Lipinski definition) is 19. The number of carboxylic acid groups (broad SMARTS) is 2. The molecule has 0 aromatic heterocycles. The molecule has 404 valence electrons. The van der Waals surface area contributed by atoms with Gasteiger partial charge in [-0.15, -0.1) is 0 Å². The van der Waals surface area contributed by atoms with Crippen molar-refractivity contribution in [2.45, 2.75) is 105 Å². The first-order valence-electron chi connectivity index (χ1n) is 21.3. The smallest absolute Gasteiger partial charge is 0.327 e. The highest BCUT2D eigenvalue weighted by Crippen LogP contribution is 2.20. The molecular formula is C43H77N7O16S4. The van der Waals surface area contributed by atoms with Crippen LogP contribution in [0.2, 0.25) is 0 Å².